The lowest BCUT2D eigenvalue weighted by Gasteiger charge is -2.14. The molecule has 0 fully saturated rings. The van der Waals surface area contributed by atoms with Crippen LogP contribution in [-0.2, 0) is 12.8 Å². The van der Waals surface area contributed by atoms with E-state index in [9.17, 15) is 4.79 Å². The first kappa shape index (κ1) is 15.6. The molecule has 1 aliphatic carbocycles. The van der Waals surface area contributed by atoms with Crippen molar-refractivity contribution < 1.29 is 4.79 Å². The zero-order valence-electron chi connectivity index (χ0n) is 13.5. The number of hydrogen-bond donors (Lipinski definition) is 2. The molecule has 0 saturated heterocycles. The van der Waals surface area contributed by atoms with Crippen LogP contribution in [0.15, 0.2) is 30.3 Å². The number of nitrogens with two attached hydrogens (primary N) is 1. The van der Waals surface area contributed by atoms with Crippen molar-refractivity contribution in [2.45, 2.75) is 25.7 Å². The van der Waals surface area contributed by atoms with Crippen molar-refractivity contribution in [1.29, 1.82) is 5.26 Å². The normalized spacial score (nSPS) is 13.2. The maximum atomic E-state index is 12.7. The monoisotopic (exact) mass is 348 g/mol. The van der Waals surface area contributed by atoms with Crippen LogP contribution in [0.4, 0.5) is 11.4 Å². The fourth-order valence-electron chi connectivity index (χ4n) is 3.20. The molecule has 3 aromatic rings. The van der Waals surface area contributed by atoms with Crippen LogP contribution in [0.25, 0.3) is 10.2 Å². The number of anilines is 2. The maximum absolute atomic E-state index is 12.7. The fraction of sp³-hybridized carbons (Fsp3) is 0.211. The largest absolute Gasteiger partial charge is 0.397 e. The molecular formula is C19H16N4OS. The molecule has 0 saturated carbocycles. The number of carbonyl (C=O) groups is 1. The standard InChI is InChI=1S/C19H16N4OS/c20-10-12-6-2-4-8-15(12)22-18(24)17-16(21)13-9-11-5-1-3-7-14(11)23-19(13)25-17/h2,4,6,8-9H,1,3,5,7,21H2,(H,22,24). The smallest absolute Gasteiger partial charge is 0.267 e. The van der Waals surface area contributed by atoms with Gasteiger partial charge in [-0.2, -0.15) is 5.26 Å². The summed E-state index contributed by atoms with van der Waals surface area (Å²) in [6.45, 7) is 0. The Morgan fingerprint density at radius 3 is 2.92 bits per heavy atom. The summed E-state index contributed by atoms with van der Waals surface area (Å²) in [6.07, 6.45) is 4.33. The Bertz CT molecular complexity index is 1030. The number of carbonyl (C=O) groups excluding carboxylic acids is 1. The Morgan fingerprint density at radius 2 is 2.08 bits per heavy atom. The minimum atomic E-state index is -0.304. The number of nitrogens with zero attached hydrogens (tertiary/aromatic N) is 2. The molecular weight excluding hydrogens is 332 g/mol. The number of aryl methyl sites for hydroxylation is 2. The van der Waals surface area contributed by atoms with Crippen LogP contribution in [0.3, 0.4) is 0 Å². The van der Waals surface area contributed by atoms with Gasteiger partial charge in [-0.15, -0.1) is 11.3 Å². The Kier molecular flexibility index (Phi) is 3.86. The van der Waals surface area contributed by atoms with E-state index < -0.39 is 0 Å². The highest BCUT2D eigenvalue weighted by Crippen LogP contribution is 2.36. The summed E-state index contributed by atoms with van der Waals surface area (Å²) in [5.74, 6) is -0.304. The number of aromatic nitrogens is 1. The van der Waals surface area contributed by atoms with Gasteiger partial charge < -0.3 is 11.1 Å². The van der Waals surface area contributed by atoms with Crippen molar-refractivity contribution in [3.8, 4) is 6.07 Å². The molecule has 0 spiro atoms. The quantitative estimate of drug-likeness (QED) is 0.735. The lowest BCUT2D eigenvalue weighted by Crippen LogP contribution is -2.12. The molecule has 6 heteroatoms. The first-order chi connectivity index (χ1) is 12.2. The summed E-state index contributed by atoms with van der Waals surface area (Å²) in [7, 11) is 0. The molecule has 1 aliphatic rings. The SMILES string of the molecule is N#Cc1ccccc1NC(=O)c1sc2nc3c(cc2c1N)CCCC3. The summed E-state index contributed by atoms with van der Waals surface area (Å²) in [6, 6.07) is 11.1. The van der Waals surface area contributed by atoms with Crippen LogP contribution in [-0.4, -0.2) is 10.9 Å². The van der Waals surface area contributed by atoms with Gasteiger partial charge in [0.25, 0.3) is 5.91 Å². The molecule has 1 amide bonds. The number of hydrogen-bond acceptors (Lipinski definition) is 5. The van der Waals surface area contributed by atoms with Crippen LogP contribution in [0.2, 0.25) is 0 Å². The minimum absolute atomic E-state index is 0.304. The predicted molar refractivity (Wildman–Crippen MR) is 99.8 cm³/mol. The molecule has 0 bridgehead atoms. The van der Waals surface area contributed by atoms with E-state index in [4.69, 9.17) is 16.0 Å². The second-order valence-electron chi connectivity index (χ2n) is 6.11. The third kappa shape index (κ3) is 2.73. The van der Waals surface area contributed by atoms with E-state index in [1.807, 2.05) is 0 Å². The molecule has 1 aromatic carbocycles. The van der Waals surface area contributed by atoms with Crippen molar-refractivity contribution >= 4 is 38.8 Å². The van der Waals surface area contributed by atoms with Crippen molar-refractivity contribution in [2.24, 2.45) is 0 Å². The molecule has 124 valence electrons. The summed E-state index contributed by atoms with van der Waals surface area (Å²) in [5, 5.41) is 12.8. The Balaban J connectivity index is 1.72. The minimum Gasteiger partial charge on any atom is -0.397 e. The van der Waals surface area contributed by atoms with Crippen LogP contribution in [0.5, 0.6) is 0 Å². The van der Waals surface area contributed by atoms with Crippen LogP contribution >= 0.6 is 11.3 Å². The molecule has 25 heavy (non-hydrogen) atoms. The summed E-state index contributed by atoms with van der Waals surface area (Å²) < 4.78 is 0. The van der Waals surface area contributed by atoms with E-state index in [0.29, 0.717) is 21.8 Å². The van der Waals surface area contributed by atoms with Gasteiger partial charge in [0.1, 0.15) is 15.8 Å². The van der Waals surface area contributed by atoms with E-state index in [0.717, 1.165) is 35.2 Å². The topological polar surface area (TPSA) is 91.8 Å². The van der Waals surface area contributed by atoms with Crippen molar-refractivity contribution in [1.82, 2.24) is 4.98 Å². The van der Waals surface area contributed by atoms with Crippen LogP contribution in [0, 0.1) is 11.3 Å². The van der Waals surface area contributed by atoms with E-state index in [2.05, 4.69) is 17.5 Å². The van der Waals surface area contributed by atoms with Gasteiger partial charge in [0.2, 0.25) is 0 Å². The van der Waals surface area contributed by atoms with E-state index >= 15 is 0 Å². The first-order valence-corrected chi connectivity index (χ1v) is 9.00. The van der Waals surface area contributed by atoms with Crippen LogP contribution < -0.4 is 11.1 Å². The number of nitrogen functional groups attached to an aromatic ring is 1. The van der Waals surface area contributed by atoms with Gasteiger partial charge >= 0.3 is 0 Å². The molecule has 0 aliphatic heterocycles. The number of fused-ring (bicyclic) bond motifs is 2. The molecule has 2 aromatic heterocycles. The highest BCUT2D eigenvalue weighted by atomic mass is 32.1. The molecule has 0 radical (unpaired) electrons. The number of thiophene rings is 1. The number of rotatable bonds is 2. The molecule has 0 unspecified atom stereocenters. The molecule has 2 heterocycles. The van der Waals surface area contributed by atoms with Crippen LogP contribution in [0.1, 0.15) is 39.3 Å². The molecule has 0 atom stereocenters. The number of benzene rings is 1. The zero-order chi connectivity index (χ0) is 17.4. The van der Waals surface area contributed by atoms with Gasteiger partial charge in [-0.05, 0) is 49.4 Å². The average molecular weight is 348 g/mol. The van der Waals surface area contributed by atoms with E-state index in [1.54, 1.807) is 24.3 Å². The van der Waals surface area contributed by atoms with Crippen molar-refractivity contribution in [3.63, 3.8) is 0 Å². The fourth-order valence-corrected chi connectivity index (χ4v) is 4.19. The Morgan fingerprint density at radius 1 is 1.28 bits per heavy atom. The van der Waals surface area contributed by atoms with Gasteiger partial charge in [-0.1, -0.05) is 12.1 Å². The van der Waals surface area contributed by atoms with Gasteiger partial charge in [-0.25, -0.2) is 4.98 Å². The Hall–Kier alpha value is -2.91. The van der Waals surface area contributed by atoms with E-state index in [-0.39, 0.29) is 5.91 Å². The lowest BCUT2D eigenvalue weighted by molar-refractivity contribution is 0.103. The summed E-state index contributed by atoms with van der Waals surface area (Å²) >= 11 is 1.31. The second kappa shape index (κ2) is 6.19. The molecule has 4 rings (SSSR count). The molecule has 5 nitrogen and oxygen atoms in total. The highest BCUT2D eigenvalue weighted by Gasteiger charge is 2.21. The number of nitrogens with one attached hydrogen (secondary N) is 1. The number of para-hydroxylation sites is 1. The predicted octanol–water partition coefficient (Wildman–Crippen LogP) is 3.88. The van der Waals surface area contributed by atoms with Crippen molar-refractivity contribution in [3.05, 3.63) is 52.0 Å². The maximum Gasteiger partial charge on any atom is 0.267 e. The number of nitriles is 1. The number of pyridine rings is 1. The summed E-state index contributed by atoms with van der Waals surface area (Å²) in [5.41, 5.74) is 9.98. The van der Waals surface area contributed by atoms with Crippen molar-refractivity contribution in [2.75, 3.05) is 11.1 Å². The second-order valence-corrected chi connectivity index (χ2v) is 7.11. The molecule has 3 N–H and O–H groups in total. The first-order valence-electron chi connectivity index (χ1n) is 8.18. The van der Waals surface area contributed by atoms with Gasteiger partial charge in [0.15, 0.2) is 0 Å². The third-order valence-electron chi connectivity index (χ3n) is 4.50. The lowest BCUT2D eigenvalue weighted by atomic mass is 9.95. The van der Waals surface area contributed by atoms with E-state index in [1.165, 1.54) is 23.3 Å². The van der Waals surface area contributed by atoms with Gasteiger partial charge in [-0.3, -0.25) is 4.79 Å². The average Bonchev–Trinajstić information content (AvgIpc) is 2.96. The highest BCUT2D eigenvalue weighted by molar-refractivity contribution is 7.21. The summed E-state index contributed by atoms with van der Waals surface area (Å²) in [4.78, 5) is 18.6. The zero-order valence-corrected chi connectivity index (χ0v) is 14.3. The number of amides is 1. The third-order valence-corrected chi connectivity index (χ3v) is 5.62. The van der Waals surface area contributed by atoms with Gasteiger partial charge in [0, 0.05) is 11.1 Å². The van der Waals surface area contributed by atoms with Gasteiger partial charge in [0.05, 0.1) is 16.9 Å². The Labute approximate surface area is 149 Å².